The van der Waals surface area contributed by atoms with Gasteiger partial charge in [-0.05, 0) is 35.0 Å². The molecule has 0 atom stereocenters. The summed E-state index contributed by atoms with van der Waals surface area (Å²) in [5, 5.41) is 1.80. The molecule has 0 aliphatic rings. The molecular formula is C18H13BrO3S. The molecule has 0 unspecified atom stereocenters. The smallest absolute Gasteiger partial charge is 0.185 e. The molecule has 116 valence electrons. The third kappa shape index (κ3) is 3.51. The van der Waals surface area contributed by atoms with Crippen molar-refractivity contribution in [3.05, 3.63) is 76.8 Å². The summed E-state index contributed by atoms with van der Waals surface area (Å²) >= 11 is 3.29. The normalized spacial score (nSPS) is 11.5. The number of sulfone groups is 1. The molecule has 0 fully saturated rings. The quantitative estimate of drug-likeness (QED) is 0.627. The number of rotatable bonds is 4. The fourth-order valence-corrected chi connectivity index (χ4v) is 3.86. The lowest BCUT2D eigenvalue weighted by atomic mass is 10.1. The van der Waals surface area contributed by atoms with E-state index in [4.69, 9.17) is 0 Å². The van der Waals surface area contributed by atoms with E-state index in [1.165, 1.54) is 0 Å². The highest BCUT2D eigenvalue weighted by molar-refractivity contribution is 9.10. The Morgan fingerprint density at radius 3 is 2.22 bits per heavy atom. The van der Waals surface area contributed by atoms with E-state index in [0.717, 1.165) is 15.2 Å². The van der Waals surface area contributed by atoms with Gasteiger partial charge in [0.15, 0.2) is 15.6 Å². The Bertz CT molecular complexity index is 977. The van der Waals surface area contributed by atoms with Crippen molar-refractivity contribution in [2.45, 2.75) is 4.90 Å². The monoisotopic (exact) mass is 388 g/mol. The predicted molar refractivity (Wildman–Crippen MR) is 94.5 cm³/mol. The SMILES string of the molecule is O=C(CS(=O)(=O)c1ccc2ccccc2c1)c1ccc(Br)cc1. The summed E-state index contributed by atoms with van der Waals surface area (Å²) in [6.07, 6.45) is 0. The average molecular weight is 389 g/mol. The number of halogens is 1. The number of carbonyl (C=O) groups excluding carboxylic acids is 1. The van der Waals surface area contributed by atoms with E-state index >= 15 is 0 Å². The minimum Gasteiger partial charge on any atom is -0.293 e. The maximum Gasteiger partial charge on any atom is 0.185 e. The number of hydrogen-bond acceptors (Lipinski definition) is 3. The molecule has 3 rings (SSSR count). The topological polar surface area (TPSA) is 51.2 Å². The third-order valence-corrected chi connectivity index (χ3v) is 5.71. The molecular weight excluding hydrogens is 376 g/mol. The number of benzene rings is 3. The molecule has 0 saturated heterocycles. The van der Waals surface area contributed by atoms with Crippen LogP contribution >= 0.6 is 15.9 Å². The lowest BCUT2D eigenvalue weighted by Crippen LogP contribution is -2.16. The molecule has 0 aliphatic heterocycles. The van der Waals surface area contributed by atoms with E-state index in [9.17, 15) is 13.2 Å². The maximum absolute atomic E-state index is 12.5. The molecule has 0 saturated carbocycles. The first-order valence-electron chi connectivity index (χ1n) is 6.96. The highest BCUT2D eigenvalue weighted by atomic mass is 79.9. The van der Waals surface area contributed by atoms with Crippen LogP contribution in [0, 0.1) is 0 Å². The van der Waals surface area contributed by atoms with E-state index in [1.54, 1.807) is 42.5 Å². The Morgan fingerprint density at radius 2 is 1.52 bits per heavy atom. The van der Waals surface area contributed by atoms with Crippen molar-refractivity contribution in [2.75, 3.05) is 5.75 Å². The van der Waals surface area contributed by atoms with Crippen LogP contribution in [-0.4, -0.2) is 20.0 Å². The van der Waals surface area contributed by atoms with Crippen LogP contribution in [0.3, 0.4) is 0 Å². The van der Waals surface area contributed by atoms with Crippen LogP contribution in [0.2, 0.25) is 0 Å². The van der Waals surface area contributed by atoms with E-state index in [0.29, 0.717) is 5.56 Å². The molecule has 3 aromatic rings. The van der Waals surface area contributed by atoms with Crippen LogP contribution < -0.4 is 0 Å². The van der Waals surface area contributed by atoms with Crippen molar-refractivity contribution in [3.8, 4) is 0 Å². The Kier molecular flexibility index (Phi) is 4.33. The van der Waals surface area contributed by atoms with Gasteiger partial charge in [-0.25, -0.2) is 8.42 Å². The largest absolute Gasteiger partial charge is 0.293 e. The van der Waals surface area contributed by atoms with Gasteiger partial charge in [-0.3, -0.25) is 4.79 Å². The van der Waals surface area contributed by atoms with Crippen LogP contribution in [0.25, 0.3) is 10.8 Å². The summed E-state index contributed by atoms with van der Waals surface area (Å²) in [6.45, 7) is 0. The van der Waals surface area contributed by atoms with Crippen molar-refractivity contribution in [3.63, 3.8) is 0 Å². The molecule has 0 aromatic heterocycles. The fourth-order valence-electron chi connectivity index (χ4n) is 2.34. The summed E-state index contributed by atoms with van der Waals surface area (Å²) in [4.78, 5) is 12.4. The highest BCUT2D eigenvalue weighted by Crippen LogP contribution is 2.21. The van der Waals surface area contributed by atoms with Gasteiger partial charge in [0.25, 0.3) is 0 Å². The summed E-state index contributed by atoms with van der Waals surface area (Å²) in [7, 11) is -3.67. The van der Waals surface area contributed by atoms with Gasteiger partial charge in [0.05, 0.1) is 4.90 Å². The zero-order valence-electron chi connectivity index (χ0n) is 12.1. The summed E-state index contributed by atoms with van der Waals surface area (Å²) in [5.74, 6) is -0.946. The number of ketones is 1. The fraction of sp³-hybridized carbons (Fsp3) is 0.0556. The molecule has 0 aliphatic carbocycles. The number of carbonyl (C=O) groups is 1. The van der Waals surface area contributed by atoms with Gasteiger partial charge in [0.2, 0.25) is 0 Å². The number of fused-ring (bicyclic) bond motifs is 1. The first-order valence-corrected chi connectivity index (χ1v) is 9.40. The van der Waals surface area contributed by atoms with Crippen molar-refractivity contribution >= 4 is 42.3 Å². The van der Waals surface area contributed by atoms with E-state index in [-0.39, 0.29) is 4.90 Å². The first-order chi connectivity index (χ1) is 11.0. The van der Waals surface area contributed by atoms with Crippen molar-refractivity contribution in [2.24, 2.45) is 0 Å². The Balaban J connectivity index is 1.90. The number of hydrogen-bond donors (Lipinski definition) is 0. The molecule has 3 nitrogen and oxygen atoms in total. The van der Waals surface area contributed by atoms with Gasteiger partial charge in [-0.1, -0.05) is 58.4 Å². The lowest BCUT2D eigenvalue weighted by molar-refractivity contribution is 0.102. The molecule has 5 heteroatoms. The summed E-state index contributed by atoms with van der Waals surface area (Å²) < 4.78 is 25.8. The Hall–Kier alpha value is -1.98. The minimum atomic E-state index is -3.67. The van der Waals surface area contributed by atoms with Crippen LogP contribution in [-0.2, 0) is 9.84 Å². The van der Waals surface area contributed by atoms with Crippen LogP contribution in [0.15, 0.2) is 76.1 Å². The van der Waals surface area contributed by atoms with E-state index in [2.05, 4.69) is 15.9 Å². The van der Waals surface area contributed by atoms with Crippen LogP contribution in [0.4, 0.5) is 0 Å². The summed E-state index contributed by atoms with van der Waals surface area (Å²) in [6, 6.07) is 19.1. The molecule has 23 heavy (non-hydrogen) atoms. The van der Waals surface area contributed by atoms with Crippen LogP contribution in [0.1, 0.15) is 10.4 Å². The van der Waals surface area contributed by atoms with Gasteiger partial charge in [0.1, 0.15) is 5.75 Å². The second-order valence-electron chi connectivity index (χ2n) is 5.20. The predicted octanol–water partition coefficient (Wildman–Crippen LogP) is 4.26. The minimum absolute atomic E-state index is 0.168. The molecule has 0 spiro atoms. The second kappa shape index (κ2) is 6.26. The highest BCUT2D eigenvalue weighted by Gasteiger charge is 2.20. The standard InChI is InChI=1S/C18H13BrO3S/c19-16-8-5-14(6-9-16)18(20)12-23(21,22)17-10-7-13-3-1-2-4-15(13)11-17/h1-11H,12H2. The molecule has 0 N–H and O–H groups in total. The van der Waals surface area contributed by atoms with E-state index < -0.39 is 21.4 Å². The second-order valence-corrected chi connectivity index (χ2v) is 8.10. The van der Waals surface area contributed by atoms with Gasteiger partial charge in [0, 0.05) is 10.0 Å². The first kappa shape index (κ1) is 15.9. The lowest BCUT2D eigenvalue weighted by Gasteiger charge is -2.06. The van der Waals surface area contributed by atoms with Crippen LogP contribution in [0.5, 0.6) is 0 Å². The third-order valence-electron chi connectivity index (χ3n) is 3.57. The van der Waals surface area contributed by atoms with E-state index in [1.807, 2.05) is 24.3 Å². The Morgan fingerprint density at radius 1 is 0.870 bits per heavy atom. The summed E-state index contributed by atoms with van der Waals surface area (Å²) in [5.41, 5.74) is 0.387. The van der Waals surface area contributed by atoms with Gasteiger partial charge in [-0.15, -0.1) is 0 Å². The maximum atomic E-state index is 12.5. The average Bonchev–Trinajstić information content (AvgIpc) is 2.54. The zero-order chi connectivity index (χ0) is 16.4. The number of Topliss-reactive ketones (excluding diaryl/α,β-unsaturated/α-hetero) is 1. The Labute approximate surface area is 143 Å². The zero-order valence-corrected chi connectivity index (χ0v) is 14.5. The van der Waals surface area contributed by atoms with Crippen molar-refractivity contribution in [1.82, 2.24) is 0 Å². The van der Waals surface area contributed by atoms with Crippen molar-refractivity contribution < 1.29 is 13.2 Å². The molecule has 3 aromatic carbocycles. The van der Waals surface area contributed by atoms with Gasteiger partial charge in [-0.2, -0.15) is 0 Å². The van der Waals surface area contributed by atoms with Crippen molar-refractivity contribution in [1.29, 1.82) is 0 Å². The molecule has 0 radical (unpaired) electrons. The molecule has 0 bridgehead atoms. The molecule has 0 heterocycles. The van der Waals surface area contributed by atoms with Gasteiger partial charge >= 0.3 is 0 Å². The molecule has 0 amide bonds. The van der Waals surface area contributed by atoms with Gasteiger partial charge < -0.3 is 0 Å².